The SMILES string of the molecule is CCNc1nnc2ccc(-c3cccc(Oc4ccccc4)c3)cn12. The second-order valence-corrected chi connectivity index (χ2v) is 5.64. The second-order valence-electron chi connectivity index (χ2n) is 5.64. The molecule has 0 atom stereocenters. The van der Waals surface area contributed by atoms with E-state index in [1.807, 2.05) is 78.2 Å². The van der Waals surface area contributed by atoms with Crippen molar-refractivity contribution >= 4 is 11.6 Å². The first kappa shape index (κ1) is 15.2. The van der Waals surface area contributed by atoms with Gasteiger partial charge in [-0.15, -0.1) is 10.2 Å². The van der Waals surface area contributed by atoms with Gasteiger partial charge >= 0.3 is 0 Å². The Bertz CT molecular complexity index is 995. The zero-order chi connectivity index (χ0) is 17.1. The Morgan fingerprint density at radius 2 is 1.72 bits per heavy atom. The molecule has 0 aliphatic rings. The number of aromatic nitrogens is 3. The summed E-state index contributed by atoms with van der Waals surface area (Å²) in [6, 6.07) is 21.8. The smallest absolute Gasteiger partial charge is 0.229 e. The van der Waals surface area contributed by atoms with Crippen LogP contribution in [0.3, 0.4) is 0 Å². The highest BCUT2D eigenvalue weighted by atomic mass is 16.5. The summed E-state index contributed by atoms with van der Waals surface area (Å²) in [5, 5.41) is 11.6. The summed E-state index contributed by atoms with van der Waals surface area (Å²) in [7, 11) is 0. The van der Waals surface area contributed by atoms with Crippen molar-refractivity contribution in [3.05, 3.63) is 72.9 Å². The van der Waals surface area contributed by atoms with Crippen LogP contribution in [0.1, 0.15) is 6.92 Å². The molecule has 5 nitrogen and oxygen atoms in total. The molecule has 0 amide bonds. The summed E-state index contributed by atoms with van der Waals surface area (Å²) in [4.78, 5) is 0. The van der Waals surface area contributed by atoms with Crippen molar-refractivity contribution in [2.75, 3.05) is 11.9 Å². The quantitative estimate of drug-likeness (QED) is 0.580. The number of para-hydroxylation sites is 1. The molecule has 5 heteroatoms. The fourth-order valence-electron chi connectivity index (χ4n) is 2.70. The van der Waals surface area contributed by atoms with Gasteiger partial charge in [0, 0.05) is 12.7 Å². The Kier molecular flexibility index (Phi) is 4.04. The molecule has 0 saturated carbocycles. The minimum Gasteiger partial charge on any atom is -0.457 e. The summed E-state index contributed by atoms with van der Waals surface area (Å²) in [6.45, 7) is 2.83. The maximum absolute atomic E-state index is 5.93. The molecular weight excluding hydrogens is 312 g/mol. The Labute approximate surface area is 145 Å². The highest BCUT2D eigenvalue weighted by Gasteiger charge is 2.07. The third-order valence-corrected chi connectivity index (χ3v) is 3.88. The number of nitrogens with one attached hydrogen (secondary N) is 1. The number of benzene rings is 2. The van der Waals surface area contributed by atoms with Gasteiger partial charge in [0.05, 0.1) is 0 Å². The third-order valence-electron chi connectivity index (χ3n) is 3.88. The van der Waals surface area contributed by atoms with Gasteiger partial charge < -0.3 is 10.1 Å². The molecule has 2 aromatic carbocycles. The van der Waals surface area contributed by atoms with E-state index < -0.39 is 0 Å². The molecule has 0 bridgehead atoms. The summed E-state index contributed by atoms with van der Waals surface area (Å²) < 4.78 is 7.89. The monoisotopic (exact) mass is 330 g/mol. The van der Waals surface area contributed by atoms with E-state index in [1.165, 1.54) is 0 Å². The molecular formula is C20H18N4O. The Hall–Kier alpha value is -3.34. The lowest BCUT2D eigenvalue weighted by Crippen LogP contribution is -2.01. The summed E-state index contributed by atoms with van der Waals surface area (Å²) in [5.74, 6) is 2.37. The Morgan fingerprint density at radius 3 is 2.56 bits per heavy atom. The van der Waals surface area contributed by atoms with Crippen LogP contribution < -0.4 is 10.1 Å². The molecule has 1 N–H and O–H groups in total. The number of hydrogen-bond acceptors (Lipinski definition) is 4. The molecule has 4 rings (SSSR count). The maximum atomic E-state index is 5.93. The van der Waals surface area contributed by atoms with Crippen molar-refractivity contribution in [3.8, 4) is 22.6 Å². The molecule has 2 aromatic heterocycles. The zero-order valence-electron chi connectivity index (χ0n) is 13.9. The fourth-order valence-corrected chi connectivity index (χ4v) is 2.70. The highest BCUT2D eigenvalue weighted by molar-refractivity contribution is 5.67. The van der Waals surface area contributed by atoms with Gasteiger partial charge in [0.2, 0.25) is 5.95 Å². The van der Waals surface area contributed by atoms with Gasteiger partial charge in [0.1, 0.15) is 11.5 Å². The summed E-state index contributed by atoms with van der Waals surface area (Å²) >= 11 is 0. The van der Waals surface area contributed by atoms with Crippen LogP contribution in [-0.2, 0) is 0 Å². The largest absolute Gasteiger partial charge is 0.457 e. The van der Waals surface area contributed by atoms with Gasteiger partial charge in [0.25, 0.3) is 0 Å². The first-order valence-electron chi connectivity index (χ1n) is 8.25. The van der Waals surface area contributed by atoms with Crippen molar-refractivity contribution in [1.82, 2.24) is 14.6 Å². The Morgan fingerprint density at radius 1 is 0.880 bits per heavy atom. The van der Waals surface area contributed by atoms with E-state index >= 15 is 0 Å². The molecule has 0 fully saturated rings. The summed E-state index contributed by atoms with van der Waals surface area (Å²) in [6.07, 6.45) is 2.04. The first-order chi connectivity index (χ1) is 12.3. The van der Waals surface area contributed by atoms with Crippen LogP contribution in [0.5, 0.6) is 11.5 Å². The van der Waals surface area contributed by atoms with Crippen LogP contribution in [0.4, 0.5) is 5.95 Å². The molecule has 0 aliphatic heterocycles. The fraction of sp³-hybridized carbons (Fsp3) is 0.100. The van der Waals surface area contributed by atoms with Crippen LogP contribution in [0.2, 0.25) is 0 Å². The standard InChI is InChI=1S/C20H18N4O/c1-2-21-20-23-22-19-12-11-16(14-24(19)20)15-7-6-10-18(13-15)25-17-8-4-3-5-9-17/h3-14H,2H2,1H3,(H,21,23). The lowest BCUT2D eigenvalue weighted by atomic mass is 10.1. The Balaban J connectivity index is 1.68. The number of hydrogen-bond donors (Lipinski definition) is 1. The normalized spacial score (nSPS) is 10.8. The van der Waals surface area contributed by atoms with E-state index in [2.05, 4.69) is 21.6 Å². The average molecular weight is 330 g/mol. The van der Waals surface area contributed by atoms with Gasteiger partial charge in [0.15, 0.2) is 5.65 Å². The van der Waals surface area contributed by atoms with E-state index in [4.69, 9.17) is 4.74 Å². The van der Waals surface area contributed by atoms with E-state index in [0.717, 1.165) is 40.8 Å². The van der Waals surface area contributed by atoms with E-state index in [-0.39, 0.29) is 0 Å². The molecule has 0 aliphatic carbocycles. The molecule has 124 valence electrons. The lowest BCUT2D eigenvalue weighted by Gasteiger charge is -2.09. The molecule has 0 radical (unpaired) electrons. The van der Waals surface area contributed by atoms with Gasteiger partial charge in [-0.1, -0.05) is 30.3 Å². The summed E-state index contributed by atoms with van der Waals surface area (Å²) in [5.41, 5.74) is 2.97. The lowest BCUT2D eigenvalue weighted by molar-refractivity contribution is 0.483. The van der Waals surface area contributed by atoms with Crippen LogP contribution >= 0.6 is 0 Å². The third kappa shape index (κ3) is 3.17. The molecule has 0 unspecified atom stereocenters. The maximum Gasteiger partial charge on any atom is 0.229 e. The molecule has 4 aromatic rings. The first-order valence-corrected chi connectivity index (χ1v) is 8.25. The molecule has 25 heavy (non-hydrogen) atoms. The predicted octanol–water partition coefficient (Wildman–Crippen LogP) is 4.62. The molecule has 0 spiro atoms. The van der Waals surface area contributed by atoms with Crippen molar-refractivity contribution in [3.63, 3.8) is 0 Å². The predicted molar refractivity (Wildman–Crippen MR) is 99.1 cm³/mol. The van der Waals surface area contributed by atoms with Gasteiger partial charge in [-0.3, -0.25) is 4.40 Å². The highest BCUT2D eigenvalue weighted by Crippen LogP contribution is 2.27. The minimum absolute atomic E-state index is 0.746. The number of fused-ring (bicyclic) bond motifs is 1. The van der Waals surface area contributed by atoms with E-state index in [0.29, 0.717) is 0 Å². The zero-order valence-corrected chi connectivity index (χ0v) is 13.9. The topological polar surface area (TPSA) is 51.5 Å². The second kappa shape index (κ2) is 6.65. The minimum atomic E-state index is 0.746. The van der Waals surface area contributed by atoms with Crippen LogP contribution in [0, 0.1) is 0 Å². The van der Waals surface area contributed by atoms with Crippen LogP contribution in [-0.4, -0.2) is 21.1 Å². The number of pyridine rings is 1. The van der Waals surface area contributed by atoms with Crippen LogP contribution in [0.25, 0.3) is 16.8 Å². The number of ether oxygens (including phenoxy) is 1. The molecule has 2 heterocycles. The number of rotatable bonds is 5. The van der Waals surface area contributed by atoms with Gasteiger partial charge in [-0.05, 0) is 54.4 Å². The van der Waals surface area contributed by atoms with Crippen molar-refractivity contribution < 1.29 is 4.74 Å². The molecule has 0 saturated heterocycles. The van der Waals surface area contributed by atoms with Crippen molar-refractivity contribution in [2.45, 2.75) is 6.92 Å². The van der Waals surface area contributed by atoms with E-state index in [1.54, 1.807) is 0 Å². The van der Waals surface area contributed by atoms with E-state index in [9.17, 15) is 0 Å². The van der Waals surface area contributed by atoms with Crippen LogP contribution in [0.15, 0.2) is 72.9 Å². The van der Waals surface area contributed by atoms with Gasteiger partial charge in [-0.2, -0.15) is 0 Å². The van der Waals surface area contributed by atoms with Gasteiger partial charge in [-0.25, -0.2) is 0 Å². The van der Waals surface area contributed by atoms with Crippen molar-refractivity contribution in [1.29, 1.82) is 0 Å². The number of anilines is 1. The van der Waals surface area contributed by atoms with Crippen molar-refractivity contribution in [2.24, 2.45) is 0 Å². The number of nitrogens with zero attached hydrogens (tertiary/aromatic N) is 3. The average Bonchev–Trinajstić information content (AvgIpc) is 3.05.